The number of hydrogen-bond acceptors (Lipinski definition) is 3. The molecule has 0 radical (unpaired) electrons. The summed E-state index contributed by atoms with van der Waals surface area (Å²) in [5.41, 5.74) is 0.167. The van der Waals surface area contributed by atoms with Crippen molar-refractivity contribution in [3.8, 4) is 0 Å². The third-order valence-corrected chi connectivity index (χ3v) is 2.98. The Labute approximate surface area is 131 Å². The molecule has 0 saturated heterocycles. The van der Waals surface area contributed by atoms with E-state index in [4.69, 9.17) is 0 Å². The largest absolute Gasteiger partial charge is 0.352 e. The van der Waals surface area contributed by atoms with Crippen LogP contribution in [0.25, 0.3) is 0 Å². The van der Waals surface area contributed by atoms with Gasteiger partial charge >= 0.3 is 0 Å². The Kier molecular flexibility index (Phi) is 5.35. The summed E-state index contributed by atoms with van der Waals surface area (Å²) >= 11 is 0. The summed E-state index contributed by atoms with van der Waals surface area (Å²) in [5, 5.41) is 4.98. The number of hydrogen-bond donors (Lipinski definition) is 2. The average molecular weight is 319 g/mol. The molecule has 7 heteroatoms. The lowest BCUT2D eigenvalue weighted by atomic mass is 10.1. The van der Waals surface area contributed by atoms with E-state index in [1.165, 1.54) is 18.5 Å². The highest BCUT2D eigenvalue weighted by Gasteiger charge is 2.13. The van der Waals surface area contributed by atoms with Crippen LogP contribution in [-0.2, 0) is 0 Å². The minimum atomic E-state index is -0.886. The van der Waals surface area contributed by atoms with E-state index in [-0.39, 0.29) is 22.7 Å². The molecule has 2 aromatic rings. The molecule has 2 amide bonds. The van der Waals surface area contributed by atoms with Crippen LogP contribution in [0.2, 0.25) is 0 Å². The first kappa shape index (κ1) is 16.5. The first-order chi connectivity index (χ1) is 11.0. The standard InChI is InChI=1S/C16H15F2N3O2/c1-2-5-20-15(22)10-6-11(9-19-8-10)16(23)21-14-4-3-12(17)7-13(14)18/h3-4,6-9H,2,5H2,1H3,(H,20,22)(H,21,23). The molecular weight excluding hydrogens is 304 g/mol. The number of aromatic nitrogens is 1. The summed E-state index contributed by atoms with van der Waals surface area (Å²) in [4.78, 5) is 27.8. The molecule has 0 fully saturated rings. The fraction of sp³-hybridized carbons (Fsp3) is 0.188. The predicted octanol–water partition coefficient (Wildman–Crippen LogP) is 2.75. The Balaban J connectivity index is 2.15. The third-order valence-electron chi connectivity index (χ3n) is 2.98. The van der Waals surface area contributed by atoms with Gasteiger partial charge in [-0.15, -0.1) is 0 Å². The zero-order chi connectivity index (χ0) is 16.8. The lowest BCUT2D eigenvalue weighted by molar-refractivity contribution is 0.0953. The molecule has 0 unspecified atom stereocenters. The molecule has 2 N–H and O–H groups in total. The Morgan fingerprint density at radius 1 is 1.09 bits per heavy atom. The molecule has 0 aliphatic carbocycles. The van der Waals surface area contributed by atoms with E-state index in [9.17, 15) is 18.4 Å². The number of nitrogens with zero attached hydrogens (tertiary/aromatic N) is 1. The van der Waals surface area contributed by atoms with Crippen LogP contribution >= 0.6 is 0 Å². The van der Waals surface area contributed by atoms with Gasteiger partial charge in [0, 0.05) is 25.0 Å². The molecule has 23 heavy (non-hydrogen) atoms. The van der Waals surface area contributed by atoms with Crippen molar-refractivity contribution in [3.63, 3.8) is 0 Å². The van der Waals surface area contributed by atoms with Gasteiger partial charge in [0.2, 0.25) is 0 Å². The monoisotopic (exact) mass is 319 g/mol. The number of pyridine rings is 1. The summed E-state index contributed by atoms with van der Waals surface area (Å²) < 4.78 is 26.4. The number of carbonyl (C=O) groups excluding carboxylic acids is 2. The fourth-order valence-electron chi connectivity index (χ4n) is 1.81. The van der Waals surface area contributed by atoms with Gasteiger partial charge < -0.3 is 10.6 Å². The van der Waals surface area contributed by atoms with Crippen LogP contribution in [0.15, 0.2) is 36.7 Å². The SMILES string of the molecule is CCCNC(=O)c1cncc(C(=O)Nc2ccc(F)cc2F)c1. The maximum absolute atomic E-state index is 13.5. The Morgan fingerprint density at radius 2 is 1.78 bits per heavy atom. The molecule has 5 nitrogen and oxygen atoms in total. The van der Waals surface area contributed by atoms with Gasteiger partial charge in [-0.1, -0.05) is 6.92 Å². The van der Waals surface area contributed by atoms with Crippen molar-refractivity contribution in [2.45, 2.75) is 13.3 Å². The zero-order valence-electron chi connectivity index (χ0n) is 12.4. The van der Waals surface area contributed by atoms with Crippen LogP contribution in [0, 0.1) is 11.6 Å². The van der Waals surface area contributed by atoms with Gasteiger partial charge in [0.05, 0.1) is 16.8 Å². The van der Waals surface area contributed by atoms with Gasteiger partial charge in [-0.05, 0) is 24.6 Å². The highest BCUT2D eigenvalue weighted by atomic mass is 19.1. The maximum atomic E-state index is 13.5. The summed E-state index contributed by atoms with van der Waals surface area (Å²) in [6.45, 7) is 2.43. The molecular formula is C16H15F2N3O2. The molecule has 0 spiro atoms. The van der Waals surface area contributed by atoms with Crippen LogP contribution < -0.4 is 10.6 Å². The molecule has 1 aromatic heterocycles. The Morgan fingerprint density at radius 3 is 2.43 bits per heavy atom. The van der Waals surface area contributed by atoms with Gasteiger partial charge in [-0.3, -0.25) is 14.6 Å². The average Bonchev–Trinajstić information content (AvgIpc) is 2.55. The van der Waals surface area contributed by atoms with Crippen LogP contribution in [-0.4, -0.2) is 23.3 Å². The van der Waals surface area contributed by atoms with Gasteiger partial charge in [0.25, 0.3) is 11.8 Å². The second kappa shape index (κ2) is 7.44. The predicted molar refractivity (Wildman–Crippen MR) is 81.2 cm³/mol. The molecule has 120 valence electrons. The summed E-state index contributed by atoms with van der Waals surface area (Å²) in [7, 11) is 0. The van der Waals surface area contributed by atoms with E-state index in [1.807, 2.05) is 6.92 Å². The van der Waals surface area contributed by atoms with E-state index >= 15 is 0 Å². The number of benzene rings is 1. The summed E-state index contributed by atoms with van der Waals surface area (Å²) in [6.07, 6.45) is 3.37. The van der Waals surface area contributed by atoms with Crippen molar-refractivity contribution in [2.24, 2.45) is 0 Å². The Bertz CT molecular complexity index is 735. The highest BCUT2D eigenvalue weighted by Crippen LogP contribution is 2.16. The number of anilines is 1. The van der Waals surface area contributed by atoms with Crippen molar-refractivity contribution < 1.29 is 18.4 Å². The minimum absolute atomic E-state index is 0.0953. The van der Waals surface area contributed by atoms with Crippen molar-refractivity contribution >= 4 is 17.5 Å². The van der Waals surface area contributed by atoms with E-state index in [2.05, 4.69) is 15.6 Å². The smallest absolute Gasteiger partial charge is 0.257 e. The first-order valence-electron chi connectivity index (χ1n) is 7.01. The third kappa shape index (κ3) is 4.32. The summed E-state index contributed by atoms with van der Waals surface area (Å²) in [5.74, 6) is -2.62. The quantitative estimate of drug-likeness (QED) is 0.890. The van der Waals surface area contributed by atoms with Crippen LogP contribution in [0.5, 0.6) is 0 Å². The Hall–Kier alpha value is -2.83. The second-order valence-corrected chi connectivity index (χ2v) is 4.80. The van der Waals surface area contributed by atoms with Crippen molar-refractivity contribution in [3.05, 3.63) is 59.4 Å². The molecule has 0 atom stereocenters. The van der Waals surface area contributed by atoms with Crippen molar-refractivity contribution in [1.29, 1.82) is 0 Å². The van der Waals surface area contributed by atoms with Gasteiger partial charge in [0.1, 0.15) is 11.6 Å². The van der Waals surface area contributed by atoms with E-state index in [1.54, 1.807) is 0 Å². The lowest BCUT2D eigenvalue weighted by Crippen LogP contribution is -2.24. The van der Waals surface area contributed by atoms with Crippen LogP contribution in [0.3, 0.4) is 0 Å². The maximum Gasteiger partial charge on any atom is 0.257 e. The number of halogens is 2. The molecule has 1 aromatic carbocycles. The van der Waals surface area contributed by atoms with Crippen molar-refractivity contribution in [1.82, 2.24) is 10.3 Å². The highest BCUT2D eigenvalue weighted by molar-refractivity contribution is 6.05. The number of rotatable bonds is 5. The van der Waals surface area contributed by atoms with Crippen LogP contribution in [0.1, 0.15) is 34.1 Å². The first-order valence-corrected chi connectivity index (χ1v) is 7.01. The molecule has 0 bridgehead atoms. The second-order valence-electron chi connectivity index (χ2n) is 4.80. The summed E-state index contributed by atoms with van der Waals surface area (Å²) in [6, 6.07) is 4.18. The van der Waals surface area contributed by atoms with Gasteiger partial charge in [-0.2, -0.15) is 0 Å². The molecule has 2 rings (SSSR count). The van der Waals surface area contributed by atoms with E-state index in [0.717, 1.165) is 18.6 Å². The molecule has 0 aliphatic heterocycles. The van der Waals surface area contributed by atoms with E-state index in [0.29, 0.717) is 12.6 Å². The molecule has 0 aliphatic rings. The van der Waals surface area contributed by atoms with Gasteiger partial charge in [-0.25, -0.2) is 8.78 Å². The fourth-order valence-corrected chi connectivity index (χ4v) is 1.81. The minimum Gasteiger partial charge on any atom is -0.352 e. The van der Waals surface area contributed by atoms with E-state index < -0.39 is 17.5 Å². The van der Waals surface area contributed by atoms with Crippen LogP contribution in [0.4, 0.5) is 14.5 Å². The number of amides is 2. The number of nitrogens with one attached hydrogen (secondary N) is 2. The normalized spacial score (nSPS) is 10.2. The molecule has 0 saturated carbocycles. The molecule has 1 heterocycles. The zero-order valence-corrected chi connectivity index (χ0v) is 12.4. The van der Waals surface area contributed by atoms with Gasteiger partial charge in [0.15, 0.2) is 0 Å². The number of carbonyl (C=O) groups is 2. The topological polar surface area (TPSA) is 71.1 Å². The lowest BCUT2D eigenvalue weighted by Gasteiger charge is -2.08. The van der Waals surface area contributed by atoms with Crippen molar-refractivity contribution in [2.75, 3.05) is 11.9 Å².